The molecule has 2 N–H and O–H groups in total. The number of benzene rings is 1. The van der Waals surface area contributed by atoms with Crippen LogP contribution in [-0.4, -0.2) is 33.8 Å². The van der Waals surface area contributed by atoms with Crippen LogP contribution in [0.5, 0.6) is 0 Å². The molecule has 2 aromatic rings. The molecule has 0 radical (unpaired) electrons. The van der Waals surface area contributed by atoms with Gasteiger partial charge in [0.15, 0.2) is 0 Å². The Morgan fingerprint density at radius 1 is 1.27 bits per heavy atom. The predicted molar refractivity (Wildman–Crippen MR) is 103 cm³/mol. The molecule has 6 heteroatoms. The van der Waals surface area contributed by atoms with E-state index in [2.05, 4.69) is 15.7 Å². The first kappa shape index (κ1) is 17.6. The molecule has 2 fully saturated rings. The highest BCUT2D eigenvalue weighted by Crippen LogP contribution is 2.27. The Labute approximate surface area is 159 Å². The molecule has 3 heterocycles. The molecule has 2 aliphatic rings. The summed E-state index contributed by atoms with van der Waals surface area (Å²) in [6, 6.07) is 9.12. The molecule has 1 amide bonds. The van der Waals surface area contributed by atoms with Gasteiger partial charge in [-0.3, -0.25) is 9.48 Å². The average molecular weight is 373 g/mol. The molecule has 2 unspecified atom stereocenters. The zero-order valence-electron chi connectivity index (χ0n) is 15.3. The lowest BCUT2D eigenvalue weighted by atomic mass is 9.99. The van der Waals surface area contributed by atoms with Crippen molar-refractivity contribution in [2.24, 2.45) is 0 Å². The van der Waals surface area contributed by atoms with Crippen LogP contribution in [-0.2, 0) is 6.54 Å². The van der Waals surface area contributed by atoms with Gasteiger partial charge in [0.05, 0.1) is 17.8 Å². The Balaban J connectivity index is 1.50. The molecule has 2 bridgehead atoms. The summed E-state index contributed by atoms with van der Waals surface area (Å²) in [6.07, 6.45) is 4.50. The van der Waals surface area contributed by atoms with Crippen molar-refractivity contribution in [1.82, 2.24) is 20.4 Å². The Kier molecular flexibility index (Phi) is 4.76. The number of piperidine rings is 1. The van der Waals surface area contributed by atoms with Gasteiger partial charge in [-0.15, -0.1) is 0 Å². The van der Waals surface area contributed by atoms with E-state index in [1.165, 1.54) is 12.8 Å². The predicted octanol–water partition coefficient (Wildman–Crippen LogP) is 3.21. The fourth-order valence-corrected chi connectivity index (χ4v) is 4.60. The van der Waals surface area contributed by atoms with E-state index in [0.29, 0.717) is 24.2 Å². The Morgan fingerprint density at radius 3 is 2.65 bits per heavy atom. The Morgan fingerprint density at radius 2 is 1.96 bits per heavy atom. The second-order valence-electron chi connectivity index (χ2n) is 7.57. The van der Waals surface area contributed by atoms with Gasteiger partial charge in [0.1, 0.15) is 0 Å². The van der Waals surface area contributed by atoms with Crippen LogP contribution in [0.2, 0.25) is 5.02 Å². The van der Waals surface area contributed by atoms with Crippen LogP contribution in [0.3, 0.4) is 0 Å². The van der Waals surface area contributed by atoms with Crippen molar-refractivity contribution in [3.63, 3.8) is 0 Å². The van der Waals surface area contributed by atoms with E-state index in [1.54, 1.807) is 0 Å². The zero-order chi connectivity index (χ0) is 18.3. The van der Waals surface area contributed by atoms with Gasteiger partial charge >= 0.3 is 0 Å². The molecule has 2 aliphatic heterocycles. The van der Waals surface area contributed by atoms with Crippen molar-refractivity contribution < 1.29 is 4.79 Å². The third kappa shape index (κ3) is 3.38. The largest absolute Gasteiger partial charge is 0.349 e. The van der Waals surface area contributed by atoms with Gasteiger partial charge in [-0.1, -0.05) is 29.8 Å². The van der Waals surface area contributed by atoms with E-state index in [0.717, 1.165) is 34.8 Å². The molecular formula is C20H25ClN4O. The molecule has 2 atom stereocenters. The summed E-state index contributed by atoms with van der Waals surface area (Å²) in [5.74, 6) is -0.00305. The van der Waals surface area contributed by atoms with Crippen molar-refractivity contribution in [2.75, 3.05) is 0 Å². The van der Waals surface area contributed by atoms with E-state index in [1.807, 2.05) is 42.8 Å². The number of hydrogen-bond acceptors (Lipinski definition) is 3. The highest BCUT2D eigenvalue weighted by atomic mass is 35.5. The highest BCUT2D eigenvalue weighted by molar-refractivity contribution is 6.31. The minimum Gasteiger partial charge on any atom is -0.349 e. The van der Waals surface area contributed by atoms with Crippen LogP contribution in [0.15, 0.2) is 24.3 Å². The fraction of sp³-hybridized carbons (Fsp3) is 0.500. The first-order valence-electron chi connectivity index (χ1n) is 9.35. The number of nitrogens with one attached hydrogen (secondary N) is 2. The molecule has 0 spiro atoms. The van der Waals surface area contributed by atoms with Crippen LogP contribution in [0.4, 0.5) is 0 Å². The van der Waals surface area contributed by atoms with E-state index in [4.69, 9.17) is 11.6 Å². The van der Waals surface area contributed by atoms with Crippen LogP contribution < -0.4 is 10.6 Å². The number of fused-ring (bicyclic) bond motifs is 2. The van der Waals surface area contributed by atoms with Crippen LogP contribution in [0, 0.1) is 13.8 Å². The van der Waals surface area contributed by atoms with Gasteiger partial charge < -0.3 is 10.6 Å². The third-order valence-electron chi connectivity index (χ3n) is 5.69. The van der Waals surface area contributed by atoms with Crippen molar-refractivity contribution in [3.8, 4) is 0 Å². The fourth-order valence-electron chi connectivity index (χ4n) is 4.40. The maximum Gasteiger partial charge on any atom is 0.255 e. The number of aryl methyl sites for hydroxylation is 1. The molecule has 26 heavy (non-hydrogen) atoms. The lowest BCUT2D eigenvalue weighted by molar-refractivity contribution is 0.0922. The number of amides is 1. The SMILES string of the molecule is Cc1nn(Cc2ccccc2Cl)c(C)c1C(=O)NC1CC2CCC(C1)N2. The lowest BCUT2D eigenvalue weighted by Gasteiger charge is -2.29. The summed E-state index contributed by atoms with van der Waals surface area (Å²) < 4.78 is 1.87. The number of nitrogens with zero attached hydrogens (tertiary/aromatic N) is 2. The van der Waals surface area contributed by atoms with Gasteiger partial charge in [-0.2, -0.15) is 5.10 Å². The quantitative estimate of drug-likeness (QED) is 0.866. The molecular weight excluding hydrogens is 348 g/mol. The average Bonchev–Trinajstić information content (AvgIpc) is 3.08. The number of carbonyl (C=O) groups excluding carboxylic acids is 1. The smallest absolute Gasteiger partial charge is 0.255 e. The molecule has 0 saturated carbocycles. The van der Waals surface area contributed by atoms with E-state index in [-0.39, 0.29) is 11.9 Å². The van der Waals surface area contributed by atoms with Gasteiger partial charge in [-0.05, 0) is 51.2 Å². The van der Waals surface area contributed by atoms with Gasteiger partial charge in [0.25, 0.3) is 5.91 Å². The summed E-state index contributed by atoms with van der Waals surface area (Å²) in [5, 5.41) is 12.2. The molecule has 5 nitrogen and oxygen atoms in total. The van der Waals surface area contributed by atoms with Crippen molar-refractivity contribution >= 4 is 17.5 Å². The van der Waals surface area contributed by atoms with Crippen molar-refractivity contribution in [3.05, 3.63) is 51.8 Å². The standard InChI is InChI=1S/C20H25ClN4O/c1-12-19(20(26)23-17-9-15-7-8-16(10-17)22-15)13(2)25(24-12)11-14-5-3-4-6-18(14)21/h3-6,15-17,22H,7-11H2,1-2H3,(H,23,26). The summed E-state index contributed by atoms with van der Waals surface area (Å²) in [4.78, 5) is 12.9. The molecule has 0 aliphatic carbocycles. The minimum atomic E-state index is -0.00305. The summed E-state index contributed by atoms with van der Waals surface area (Å²) in [6.45, 7) is 4.42. The molecule has 1 aromatic heterocycles. The Bertz CT molecular complexity index is 819. The lowest BCUT2D eigenvalue weighted by Crippen LogP contribution is -2.48. The van der Waals surface area contributed by atoms with Crippen LogP contribution in [0.1, 0.15) is 53.0 Å². The maximum atomic E-state index is 12.9. The van der Waals surface area contributed by atoms with Crippen molar-refractivity contribution in [2.45, 2.75) is 64.2 Å². The minimum absolute atomic E-state index is 0.00305. The molecule has 138 valence electrons. The van der Waals surface area contributed by atoms with Crippen molar-refractivity contribution in [1.29, 1.82) is 0 Å². The molecule has 1 aromatic carbocycles. The number of aromatic nitrogens is 2. The van der Waals surface area contributed by atoms with Gasteiger partial charge in [0.2, 0.25) is 0 Å². The highest BCUT2D eigenvalue weighted by Gasteiger charge is 2.34. The van der Waals surface area contributed by atoms with E-state index in [9.17, 15) is 4.79 Å². The first-order valence-corrected chi connectivity index (χ1v) is 9.73. The molecule has 4 rings (SSSR count). The van der Waals surface area contributed by atoms with Gasteiger partial charge in [-0.25, -0.2) is 0 Å². The first-order chi connectivity index (χ1) is 12.5. The Hall–Kier alpha value is -1.85. The topological polar surface area (TPSA) is 59.0 Å². The summed E-state index contributed by atoms with van der Waals surface area (Å²) >= 11 is 6.27. The second kappa shape index (κ2) is 7.05. The summed E-state index contributed by atoms with van der Waals surface area (Å²) in [5.41, 5.74) is 3.35. The van der Waals surface area contributed by atoms with Gasteiger partial charge in [0, 0.05) is 28.8 Å². The molecule has 2 saturated heterocycles. The number of rotatable bonds is 4. The van der Waals surface area contributed by atoms with E-state index >= 15 is 0 Å². The summed E-state index contributed by atoms with van der Waals surface area (Å²) in [7, 11) is 0. The normalized spacial score (nSPS) is 24.7. The third-order valence-corrected chi connectivity index (χ3v) is 6.06. The van der Waals surface area contributed by atoms with Crippen LogP contribution >= 0.6 is 11.6 Å². The number of carbonyl (C=O) groups is 1. The monoisotopic (exact) mass is 372 g/mol. The maximum absolute atomic E-state index is 12.9. The second-order valence-corrected chi connectivity index (χ2v) is 7.98. The van der Waals surface area contributed by atoms with Crippen LogP contribution in [0.25, 0.3) is 0 Å². The zero-order valence-corrected chi connectivity index (χ0v) is 16.0. The number of hydrogen-bond donors (Lipinski definition) is 2. The number of halogens is 1. The van der Waals surface area contributed by atoms with E-state index < -0.39 is 0 Å².